The Morgan fingerprint density at radius 1 is 1.19 bits per heavy atom. The first-order valence-electron chi connectivity index (χ1n) is 7.05. The summed E-state index contributed by atoms with van der Waals surface area (Å²) in [7, 11) is -3.67. The minimum atomic E-state index is -3.67. The summed E-state index contributed by atoms with van der Waals surface area (Å²) in [5.74, 6) is 0.310. The van der Waals surface area contributed by atoms with E-state index in [0.717, 1.165) is 31.2 Å². The van der Waals surface area contributed by atoms with E-state index in [0.29, 0.717) is 17.1 Å². The van der Waals surface area contributed by atoms with Crippen molar-refractivity contribution in [2.45, 2.75) is 44.4 Å². The largest absolute Gasteiger partial charge is 0.360 e. The maximum atomic E-state index is 12.6. The van der Waals surface area contributed by atoms with Gasteiger partial charge in [-0.15, -0.1) is 0 Å². The predicted molar refractivity (Wildman–Crippen MR) is 79.9 cm³/mol. The second kappa shape index (κ2) is 5.18. The Morgan fingerprint density at radius 2 is 1.95 bits per heavy atom. The van der Waals surface area contributed by atoms with Crippen molar-refractivity contribution in [1.29, 1.82) is 0 Å². The lowest BCUT2D eigenvalue weighted by Crippen LogP contribution is -2.17. The zero-order valence-corrected chi connectivity index (χ0v) is 13.0. The smallest absolute Gasteiger partial charge is 0.267 e. The molecule has 0 unspecified atom stereocenters. The molecule has 0 bridgehead atoms. The highest BCUT2D eigenvalue weighted by Crippen LogP contribution is 2.30. The molecule has 0 spiro atoms. The number of benzene rings is 1. The van der Waals surface area contributed by atoms with Gasteiger partial charge < -0.3 is 4.52 Å². The second-order valence-electron chi connectivity index (χ2n) is 5.41. The molecular weight excluding hydrogens is 288 g/mol. The van der Waals surface area contributed by atoms with Gasteiger partial charge in [0.15, 0.2) is 10.7 Å². The maximum absolute atomic E-state index is 12.6. The topological polar surface area (TPSA) is 72.2 Å². The van der Waals surface area contributed by atoms with Gasteiger partial charge in [-0.2, -0.15) is 0 Å². The number of sulfonamides is 1. The SMILES string of the molecule is Cc1noc(C)c1S(=O)(=O)Nc1cccc2c1CCCC2. The molecule has 0 fully saturated rings. The maximum Gasteiger partial charge on any atom is 0.267 e. The standard InChI is InChI=1S/C15H18N2O3S/c1-10-15(11(2)20-16-10)21(18,19)17-14-9-5-7-12-6-3-4-8-13(12)14/h5,7,9,17H,3-4,6,8H2,1-2H3. The van der Waals surface area contributed by atoms with Crippen LogP contribution in [0.5, 0.6) is 0 Å². The van der Waals surface area contributed by atoms with Crippen molar-refractivity contribution in [2.24, 2.45) is 0 Å². The monoisotopic (exact) mass is 306 g/mol. The van der Waals surface area contributed by atoms with Gasteiger partial charge in [0, 0.05) is 0 Å². The van der Waals surface area contributed by atoms with Gasteiger partial charge in [-0.1, -0.05) is 17.3 Å². The quantitative estimate of drug-likeness (QED) is 0.946. The molecule has 0 radical (unpaired) electrons. The summed E-state index contributed by atoms with van der Waals surface area (Å²) in [5, 5.41) is 3.72. The number of fused-ring (bicyclic) bond motifs is 1. The van der Waals surface area contributed by atoms with Gasteiger partial charge in [0.05, 0.1) is 5.69 Å². The van der Waals surface area contributed by atoms with Crippen LogP contribution in [0, 0.1) is 13.8 Å². The Bertz CT molecular complexity index is 759. The number of hydrogen-bond donors (Lipinski definition) is 1. The first-order valence-corrected chi connectivity index (χ1v) is 8.54. The van der Waals surface area contributed by atoms with Crippen LogP contribution in [0.2, 0.25) is 0 Å². The summed E-state index contributed by atoms with van der Waals surface area (Å²) in [4.78, 5) is 0.135. The Kier molecular flexibility index (Phi) is 3.49. The number of nitrogens with one attached hydrogen (secondary N) is 1. The molecule has 5 nitrogen and oxygen atoms in total. The van der Waals surface area contributed by atoms with E-state index < -0.39 is 10.0 Å². The minimum Gasteiger partial charge on any atom is -0.360 e. The summed E-state index contributed by atoms with van der Waals surface area (Å²) in [5.41, 5.74) is 3.40. The molecule has 1 N–H and O–H groups in total. The summed E-state index contributed by atoms with van der Waals surface area (Å²) in [6.45, 7) is 3.24. The van der Waals surface area contributed by atoms with Crippen molar-refractivity contribution in [3.05, 3.63) is 40.8 Å². The van der Waals surface area contributed by atoms with E-state index in [1.54, 1.807) is 13.8 Å². The first-order chi connectivity index (χ1) is 9.99. The third-order valence-electron chi connectivity index (χ3n) is 3.88. The molecule has 1 aromatic heterocycles. The molecule has 0 atom stereocenters. The van der Waals surface area contributed by atoms with Crippen LogP contribution >= 0.6 is 0 Å². The van der Waals surface area contributed by atoms with Crippen LogP contribution in [-0.4, -0.2) is 13.6 Å². The number of aromatic nitrogens is 1. The molecule has 0 amide bonds. The fourth-order valence-corrected chi connectivity index (χ4v) is 4.36. The molecule has 1 aliphatic carbocycles. The van der Waals surface area contributed by atoms with E-state index in [1.807, 2.05) is 12.1 Å². The highest BCUT2D eigenvalue weighted by molar-refractivity contribution is 7.92. The van der Waals surface area contributed by atoms with Crippen LogP contribution in [0.3, 0.4) is 0 Å². The van der Waals surface area contributed by atoms with E-state index in [4.69, 9.17) is 4.52 Å². The van der Waals surface area contributed by atoms with Gasteiger partial charge in [-0.3, -0.25) is 4.72 Å². The molecule has 0 saturated carbocycles. The second-order valence-corrected chi connectivity index (χ2v) is 7.03. The van der Waals surface area contributed by atoms with Crippen molar-refractivity contribution in [3.8, 4) is 0 Å². The third kappa shape index (κ3) is 2.55. The minimum absolute atomic E-state index is 0.135. The van der Waals surface area contributed by atoms with Crippen LogP contribution in [0.25, 0.3) is 0 Å². The van der Waals surface area contributed by atoms with Gasteiger partial charge in [0.2, 0.25) is 0 Å². The van der Waals surface area contributed by atoms with E-state index in [-0.39, 0.29) is 4.90 Å². The van der Waals surface area contributed by atoms with Crippen LogP contribution in [-0.2, 0) is 22.9 Å². The zero-order valence-electron chi connectivity index (χ0n) is 12.1. The van der Waals surface area contributed by atoms with E-state index in [1.165, 1.54) is 5.56 Å². The van der Waals surface area contributed by atoms with Crippen molar-refractivity contribution in [2.75, 3.05) is 4.72 Å². The molecule has 112 valence electrons. The Balaban J connectivity index is 2.01. The van der Waals surface area contributed by atoms with Crippen LogP contribution in [0.4, 0.5) is 5.69 Å². The highest BCUT2D eigenvalue weighted by Gasteiger charge is 2.25. The molecule has 0 saturated heterocycles. The molecule has 1 aromatic carbocycles. The molecule has 2 aromatic rings. The van der Waals surface area contributed by atoms with Gasteiger partial charge in [0.25, 0.3) is 10.0 Å². The van der Waals surface area contributed by atoms with Crippen molar-refractivity contribution in [3.63, 3.8) is 0 Å². The van der Waals surface area contributed by atoms with Crippen molar-refractivity contribution in [1.82, 2.24) is 5.16 Å². The van der Waals surface area contributed by atoms with Crippen molar-refractivity contribution >= 4 is 15.7 Å². The molecular formula is C15H18N2O3S. The van der Waals surface area contributed by atoms with Gasteiger partial charge in [-0.05, 0) is 56.7 Å². The predicted octanol–water partition coefficient (Wildman–Crippen LogP) is 2.97. The van der Waals surface area contributed by atoms with E-state index in [9.17, 15) is 8.42 Å². The van der Waals surface area contributed by atoms with E-state index >= 15 is 0 Å². The third-order valence-corrected chi connectivity index (χ3v) is 5.49. The Morgan fingerprint density at radius 3 is 2.67 bits per heavy atom. The van der Waals surface area contributed by atoms with Crippen LogP contribution < -0.4 is 4.72 Å². The molecule has 0 aliphatic heterocycles. The van der Waals surface area contributed by atoms with Gasteiger partial charge in [-0.25, -0.2) is 8.42 Å². The van der Waals surface area contributed by atoms with Gasteiger partial charge in [0.1, 0.15) is 5.69 Å². The van der Waals surface area contributed by atoms with Gasteiger partial charge >= 0.3 is 0 Å². The fourth-order valence-electron chi connectivity index (χ4n) is 2.93. The Hall–Kier alpha value is -1.82. The number of aryl methyl sites for hydroxylation is 3. The first kappa shape index (κ1) is 14.1. The highest BCUT2D eigenvalue weighted by atomic mass is 32.2. The molecule has 1 heterocycles. The Labute approximate surface area is 124 Å². The molecule has 1 aliphatic rings. The average Bonchev–Trinajstić information content (AvgIpc) is 2.79. The lowest BCUT2D eigenvalue weighted by atomic mass is 9.91. The van der Waals surface area contributed by atoms with Crippen LogP contribution in [0.15, 0.2) is 27.6 Å². The molecule has 3 rings (SSSR count). The number of anilines is 1. The number of nitrogens with zero attached hydrogens (tertiary/aromatic N) is 1. The fraction of sp³-hybridized carbons (Fsp3) is 0.400. The molecule has 6 heteroatoms. The summed E-state index contributed by atoms with van der Waals surface area (Å²) in [6, 6.07) is 5.79. The summed E-state index contributed by atoms with van der Waals surface area (Å²) >= 11 is 0. The lowest BCUT2D eigenvalue weighted by Gasteiger charge is -2.20. The van der Waals surface area contributed by atoms with Crippen molar-refractivity contribution < 1.29 is 12.9 Å². The zero-order chi connectivity index (χ0) is 15.0. The molecule has 21 heavy (non-hydrogen) atoms. The average molecular weight is 306 g/mol. The number of hydrogen-bond acceptors (Lipinski definition) is 4. The lowest BCUT2D eigenvalue weighted by molar-refractivity contribution is 0.390. The normalized spacial score (nSPS) is 14.8. The summed E-state index contributed by atoms with van der Waals surface area (Å²) < 4.78 is 32.8. The van der Waals surface area contributed by atoms with E-state index in [2.05, 4.69) is 15.9 Å². The summed E-state index contributed by atoms with van der Waals surface area (Å²) in [6.07, 6.45) is 4.18. The number of rotatable bonds is 3. The van der Waals surface area contributed by atoms with Crippen LogP contribution in [0.1, 0.15) is 35.4 Å².